The van der Waals surface area contributed by atoms with E-state index in [4.69, 9.17) is 10.5 Å². The van der Waals surface area contributed by atoms with Crippen LogP contribution in [0.2, 0.25) is 0 Å². The van der Waals surface area contributed by atoms with Crippen LogP contribution in [0.4, 0.5) is 5.13 Å². The van der Waals surface area contributed by atoms with Gasteiger partial charge in [0.15, 0.2) is 5.13 Å². The molecule has 0 aliphatic carbocycles. The fraction of sp³-hybridized carbons (Fsp3) is 0.400. The normalized spacial score (nSPS) is 10.6. The predicted molar refractivity (Wildman–Crippen MR) is 81.6 cm³/mol. The Hall–Kier alpha value is -1.55. The van der Waals surface area contributed by atoms with Crippen LogP contribution in [0.3, 0.4) is 0 Å². The van der Waals surface area contributed by atoms with Crippen molar-refractivity contribution in [3.05, 3.63) is 29.6 Å². The first-order chi connectivity index (χ1) is 9.29. The number of hydrogen-bond acceptors (Lipinski definition) is 4. The summed E-state index contributed by atoms with van der Waals surface area (Å²) >= 11 is 1.46. The molecule has 1 heterocycles. The van der Waals surface area contributed by atoms with Crippen LogP contribution in [0, 0.1) is 0 Å². The van der Waals surface area contributed by atoms with Gasteiger partial charge in [-0.05, 0) is 30.7 Å². The molecule has 0 aliphatic rings. The standard InChI is InChI=1S/C15H20N2OS/c1-2-3-4-5-10-18-13-8-6-12(7-9-13)14-11-19-15(16)17-14/h6-9,11H,2-5,10H2,1H3,(H2,16,17). The van der Waals surface area contributed by atoms with Gasteiger partial charge in [-0.15, -0.1) is 11.3 Å². The number of unbranched alkanes of at least 4 members (excludes halogenated alkanes) is 3. The summed E-state index contributed by atoms with van der Waals surface area (Å²) in [7, 11) is 0. The first kappa shape index (κ1) is 13.9. The highest BCUT2D eigenvalue weighted by molar-refractivity contribution is 7.13. The van der Waals surface area contributed by atoms with Gasteiger partial charge in [-0.2, -0.15) is 0 Å². The van der Waals surface area contributed by atoms with Crippen LogP contribution in [0.1, 0.15) is 32.6 Å². The third-order valence-electron chi connectivity index (χ3n) is 2.94. The first-order valence-corrected chi connectivity index (χ1v) is 7.62. The summed E-state index contributed by atoms with van der Waals surface area (Å²) < 4.78 is 5.71. The average Bonchev–Trinajstić information content (AvgIpc) is 2.86. The van der Waals surface area contributed by atoms with E-state index in [0.717, 1.165) is 30.0 Å². The molecule has 102 valence electrons. The molecule has 0 saturated heterocycles. The van der Waals surface area contributed by atoms with Gasteiger partial charge in [0.1, 0.15) is 5.75 Å². The minimum absolute atomic E-state index is 0.603. The summed E-state index contributed by atoms with van der Waals surface area (Å²) in [4.78, 5) is 4.26. The molecule has 0 amide bonds. The van der Waals surface area contributed by atoms with Crippen molar-refractivity contribution < 1.29 is 4.74 Å². The van der Waals surface area contributed by atoms with Crippen LogP contribution in [-0.4, -0.2) is 11.6 Å². The Morgan fingerprint density at radius 3 is 2.58 bits per heavy atom. The second-order valence-electron chi connectivity index (χ2n) is 4.50. The molecular weight excluding hydrogens is 256 g/mol. The molecule has 0 saturated carbocycles. The molecule has 1 aromatic heterocycles. The molecule has 0 unspecified atom stereocenters. The Balaban J connectivity index is 1.85. The molecule has 0 fully saturated rings. The van der Waals surface area contributed by atoms with E-state index in [-0.39, 0.29) is 0 Å². The van der Waals surface area contributed by atoms with Crippen LogP contribution in [0.25, 0.3) is 11.3 Å². The Morgan fingerprint density at radius 2 is 1.95 bits per heavy atom. The van der Waals surface area contributed by atoms with Crippen molar-refractivity contribution >= 4 is 16.5 Å². The average molecular weight is 276 g/mol. The Labute approximate surface area is 118 Å². The van der Waals surface area contributed by atoms with Crippen molar-refractivity contribution in [1.82, 2.24) is 4.98 Å². The summed E-state index contributed by atoms with van der Waals surface area (Å²) in [5.74, 6) is 0.920. The quantitative estimate of drug-likeness (QED) is 0.765. The molecule has 3 nitrogen and oxygen atoms in total. The van der Waals surface area contributed by atoms with Crippen molar-refractivity contribution in [2.24, 2.45) is 0 Å². The van der Waals surface area contributed by atoms with E-state index in [0.29, 0.717) is 5.13 Å². The van der Waals surface area contributed by atoms with Crippen LogP contribution in [0.5, 0.6) is 5.75 Å². The van der Waals surface area contributed by atoms with Gasteiger partial charge in [-0.25, -0.2) is 4.98 Å². The van der Waals surface area contributed by atoms with Gasteiger partial charge < -0.3 is 10.5 Å². The Kier molecular flexibility index (Phi) is 5.21. The summed E-state index contributed by atoms with van der Waals surface area (Å²) in [6.45, 7) is 3.01. The number of anilines is 1. The zero-order valence-electron chi connectivity index (χ0n) is 11.3. The summed E-state index contributed by atoms with van der Waals surface area (Å²) in [5, 5.41) is 2.57. The zero-order valence-corrected chi connectivity index (χ0v) is 12.1. The molecule has 0 aliphatic heterocycles. The van der Waals surface area contributed by atoms with E-state index in [1.807, 2.05) is 29.6 Å². The van der Waals surface area contributed by atoms with Gasteiger partial charge >= 0.3 is 0 Å². The maximum Gasteiger partial charge on any atom is 0.180 e. The largest absolute Gasteiger partial charge is 0.494 e. The molecule has 2 rings (SSSR count). The van der Waals surface area contributed by atoms with Crippen molar-refractivity contribution in [2.75, 3.05) is 12.3 Å². The molecular formula is C15H20N2OS. The number of nitrogen functional groups attached to an aromatic ring is 1. The summed E-state index contributed by atoms with van der Waals surface area (Å²) in [6, 6.07) is 8.03. The van der Waals surface area contributed by atoms with E-state index in [1.165, 1.54) is 30.6 Å². The van der Waals surface area contributed by atoms with Crippen molar-refractivity contribution in [3.63, 3.8) is 0 Å². The minimum atomic E-state index is 0.603. The smallest absolute Gasteiger partial charge is 0.180 e. The fourth-order valence-electron chi connectivity index (χ4n) is 1.86. The summed E-state index contributed by atoms with van der Waals surface area (Å²) in [5.41, 5.74) is 7.64. The maximum atomic E-state index is 5.71. The number of benzene rings is 1. The number of ether oxygens (including phenoxy) is 1. The highest BCUT2D eigenvalue weighted by Crippen LogP contribution is 2.25. The number of aromatic nitrogens is 1. The minimum Gasteiger partial charge on any atom is -0.494 e. The molecule has 0 bridgehead atoms. The van der Waals surface area contributed by atoms with Gasteiger partial charge in [0.05, 0.1) is 12.3 Å². The van der Waals surface area contributed by atoms with Crippen LogP contribution < -0.4 is 10.5 Å². The number of hydrogen-bond donors (Lipinski definition) is 1. The fourth-order valence-corrected chi connectivity index (χ4v) is 2.43. The van der Waals surface area contributed by atoms with E-state index in [2.05, 4.69) is 11.9 Å². The SMILES string of the molecule is CCCCCCOc1ccc(-c2csc(N)n2)cc1. The lowest BCUT2D eigenvalue weighted by Gasteiger charge is -2.06. The van der Waals surface area contributed by atoms with E-state index >= 15 is 0 Å². The van der Waals surface area contributed by atoms with Gasteiger partial charge in [-0.3, -0.25) is 0 Å². The monoisotopic (exact) mass is 276 g/mol. The lowest BCUT2D eigenvalue weighted by molar-refractivity contribution is 0.305. The second kappa shape index (κ2) is 7.14. The number of rotatable bonds is 7. The van der Waals surface area contributed by atoms with E-state index in [1.54, 1.807) is 0 Å². The second-order valence-corrected chi connectivity index (χ2v) is 5.39. The molecule has 0 radical (unpaired) electrons. The lowest BCUT2D eigenvalue weighted by atomic mass is 10.2. The Morgan fingerprint density at radius 1 is 1.16 bits per heavy atom. The van der Waals surface area contributed by atoms with Crippen molar-refractivity contribution in [3.8, 4) is 17.0 Å². The molecule has 2 aromatic rings. The van der Waals surface area contributed by atoms with Crippen molar-refractivity contribution in [1.29, 1.82) is 0 Å². The van der Waals surface area contributed by atoms with Crippen LogP contribution in [-0.2, 0) is 0 Å². The topological polar surface area (TPSA) is 48.1 Å². The number of thiazole rings is 1. The van der Waals surface area contributed by atoms with Crippen molar-refractivity contribution in [2.45, 2.75) is 32.6 Å². The third kappa shape index (κ3) is 4.24. The molecule has 1 aromatic carbocycles. The number of nitrogens with zero attached hydrogens (tertiary/aromatic N) is 1. The predicted octanol–water partition coefficient (Wildman–Crippen LogP) is 4.35. The lowest BCUT2D eigenvalue weighted by Crippen LogP contribution is -1.96. The molecule has 0 spiro atoms. The first-order valence-electron chi connectivity index (χ1n) is 6.74. The van der Waals surface area contributed by atoms with E-state index < -0.39 is 0 Å². The van der Waals surface area contributed by atoms with Gasteiger partial charge in [-0.1, -0.05) is 26.2 Å². The van der Waals surface area contributed by atoms with Gasteiger partial charge in [0.2, 0.25) is 0 Å². The zero-order chi connectivity index (χ0) is 13.5. The van der Waals surface area contributed by atoms with Gasteiger partial charge in [0, 0.05) is 10.9 Å². The summed E-state index contributed by atoms with van der Waals surface area (Å²) in [6.07, 6.45) is 4.91. The third-order valence-corrected chi connectivity index (χ3v) is 3.61. The number of nitrogens with two attached hydrogens (primary N) is 1. The molecule has 0 atom stereocenters. The molecule has 19 heavy (non-hydrogen) atoms. The maximum absolute atomic E-state index is 5.71. The highest BCUT2D eigenvalue weighted by Gasteiger charge is 2.02. The Bertz CT molecular complexity index is 493. The molecule has 4 heteroatoms. The van der Waals surface area contributed by atoms with Crippen LogP contribution in [0.15, 0.2) is 29.6 Å². The van der Waals surface area contributed by atoms with E-state index in [9.17, 15) is 0 Å². The van der Waals surface area contributed by atoms with Crippen LogP contribution >= 0.6 is 11.3 Å². The highest BCUT2D eigenvalue weighted by atomic mass is 32.1. The van der Waals surface area contributed by atoms with Gasteiger partial charge in [0.25, 0.3) is 0 Å². The molecule has 2 N–H and O–H groups in total.